The lowest BCUT2D eigenvalue weighted by atomic mass is 10.2. The van der Waals surface area contributed by atoms with Crippen molar-refractivity contribution in [2.45, 2.75) is 40.7 Å². The number of hydrogen-bond acceptors (Lipinski definition) is 2. The average Bonchev–Trinajstić information content (AvgIpc) is 2.09. The Balaban J connectivity index is 4.07. The average molecular weight is 214 g/mol. The minimum atomic E-state index is -0.0902. The van der Waals surface area contributed by atoms with Crippen molar-refractivity contribution in [3.05, 3.63) is 0 Å². The van der Waals surface area contributed by atoms with Gasteiger partial charge < -0.3 is 10.2 Å². The van der Waals surface area contributed by atoms with Gasteiger partial charge in [0.1, 0.15) is 0 Å². The second-order valence-electron chi connectivity index (χ2n) is 4.44. The second kappa shape index (κ2) is 6.43. The molecule has 0 aromatic rings. The number of carbonyl (C=O) groups is 2. The third-order valence-electron chi connectivity index (χ3n) is 2.05. The number of rotatable bonds is 5. The zero-order valence-electron chi connectivity index (χ0n) is 10.3. The third kappa shape index (κ3) is 6.10. The lowest BCUT2D eigenvalue weighted by molar-refractivity contribution is -0.136. The van der Waals surface area contributed by atoms with E-state index in [1.807, 2.05) is 27.7 Å². The van der Waals surface area contributed by atoms with Crippen LogP contribution in [-0.4, -0.2) is 35.8 Å². The summed E-state index contributed by atoms with van der Waals surface area (Å²) >= 11 is 0. The molecule has 0 saturated carbocycles. The lowest BCUT2D eigenvalue weighted by Gasteiger charge is -2.24. The summed E-state index contributed by atoms with van der Waals surface area (Å²) in [4.78, 5) is 24.2. The highest BCUT2D eigenvalue weighted by Crippen LogP contribution is 1.98. The third-order valence-corrected chi connectivity index (χ3v) is 2.05. The van der Waals surface area contributed by atoms with Gasteiger partial charge in [0.25, 0.3) is 0 Å². The van der Waals surface area contributed by atoms with Gasteiger partial charge >= 0.3 is 0 Å². The number of nitrogens with one attached hydrogen (secondary N) is 1. The number of amides is 2. The van der Waals surface area contributed by atoms with Crippen molar-refractivity contribution in [2.24, 2.45) is 5.92 Å². The topological polar surface area (TPSA) is 49.4 Å². The van der Waals surface area contributed by atoms with Gasteiger partial charge in [0.05, 0.1) is 6.54 Å². The van der Waals surface area contributed by atoms with Crippen LogP contribution in [0.5, 0.6) is 0 Å². The minimum Gasteiger partial charge on any atom is -0.354 e. The molecule has 0 aliphatic heterocycles. The molecule has 0 bridgehead atoms. The van der Waals surface area contributed by atoms with Crippen LogP contribution < -0.4 is 5.32 Å². The van der Waals surface area contributed by atoms with Gasteiger partial charge in [-0.25, -0.2) is 0 Å². The van der Waals surface area contributed by atoms with Crippen molar-refractivity contribution >= 4 is 11.8 Å². The van der Waals surface area contributed by atoms with E-state index in [1.54, 1.807) is 4.90 Å². The Labute approximate surface area is 92.0 Å². The van der Waals surface area contributed by atoms with E-state index in [-0.39, 0.29) is 24.4 Å². The fourth-order valence-corrected chi connectivity index (χ4v) is 1.19. The Morgan fingerprint density at radius 1 is 1.20 bits per heavy atom. The molecule has 0 fully saturated rings. The summed E-state index contributed by atoms with van der Waals surface area (Å²) in [6.45, 7) is 10.2. The summed E-state index contributed by atoms with van der Waals surface area (Å²) in [7, 11) is 0. The monoisotopic (exact) mass is 214 g/mol. The highest BCUT2D eigenvalue weighted by atomic mass is 16.2. The molecule has 2 amide bonds. The molecular weight excluding hydrogens is 192 g/mol. The molecule has 15 heavy (non-hydrogen) atoms. The van der Waals surface area contributed by atoms with Crippen LogP contribution in [0.1, 0.15) is 34.6 Å². The first kappa shape index (κ1) is 13.9. The fourth-order valence-electron chi connectivity index (χ4n) is 1.19. The number of hydrogen-bond donors (Lipinski definition) is 1. The molecule has 0 saturated heterocycles. The van der Waals surface area contributed by atoms with Gasteiger partial charge in [-0.05, 0) is 19.8 Å². The van der Waals surface area contributed by atoms with Gasteiger partial charge in [-0.2, -0.15) is 0 Å². The van der Waals surface area contributed by atoms with E-state index < -0.39 is 0 Å². The molecule has 0 unspecified atom stereocenters. The van der Waals surface area contributed by atoms with E-state index in [4.69, 9.17) is 0 Å². The van der Waals surface area contributed by atoms with Crippen LogP contribution in [0.15, 0.2) is 0 Å². The Kier molecular flexibility index (Phi) is 5.97. The van der Waals surface area contributed by atoms with Crippen molar-refractivity contribution in [3.63, 3.8) is 0 Å². The van der Waals surface area contributed by atoms with E-state index in [9.17, 15) is 9.59 Å². The normalized spacial score (nSPS) is 10.6. The van der Waals surface area contributed by atoms with Crippen molar-refractivity contribution in [3.8, 4) is 0 Å². The van der Waals surface area contributed by atoms with Crippen molar-refractivity contribution in [1.82, 2.24) is 10.2 Å². The summed E-state index contributed by atoms with van der Waals surface area (Å²) < 4.78 is 0. The van der Waals surface area contributed by atoms with Crippen molar-refractivity contribution in [2.75, 3.05) is 13.1 Å². The molecule has 0 spiro atoms. The predicted octanol–water partition coefficient (Wildman–Crippen LogP) is 1.02. The van der Waals surface area contributed by atoms with Crippen LogP contribution in [-0.2, 0) is 9.59 Å². The standard InChI is InChI=1S/C11H22N2O2/c1-8(2)6-12-11(15)7-13(9(3)4)10(5)14/h8-9H,6-7H2,1-5H3,(H,12,15). The molecular formula is C11H22N2O2. The van der Waals surface area contributed by atoms with Gasteiger partial charge in [0.15, 0.2) is 0 Å². The molecule has 0 radical (unpaired) electrons. The van der Waals surface area contributed by atoms with Crippen molar-refractivity contribution in [1.29, 1.82) is 0 Å². The van der Waals surface area contributed by atoms with Crippen LogP contribution >= 0.6 is 0 Å². The predicted molar refractivity (Wildman–Crippen MR) is 60.4 cm³/mol. The van der Waals surface area contributed by atoms with Crippen LogP contribution in [0.4, 0.5) is 0 Å². The van der Waals surface area contributed by atoms with Crippen LogP contribution in [0, 0.1) is 5.92 Å². The molecule has 0 aliphatic carbocycles. The number of nitrogens with zero attached hydrogens (tertiary/aromatic N) is 1. The van der Waals surface area contributed by atoms with Gasteiger partial charge in [0.2, 0.25) is 11.8 Å². The summed E-state index contributed by atoms with van der Waals surface area (Å²) in [6, 6.07) is 0.0623. The first-order valence-corrected chi connectivity index (χ1v) is 5.38. The quantitative estimate of drug-likeness (QED) is 0.742. The molecule has 0 heterocycles. The molecule has 0 aliphatic rings. The summed E-state index contributed by atoms with van der Waals surface area (Å²) in [5.74, 6) is 0.274. The largest absolute Gasteiger partial charge is 0.354 e. The van der Waals surface area contributed by atoms with Crippen LogP contribution in [0.3, 0.4) is 0 Å². The summed E-state index contributed by atoms with van der Waals surface area (Å²) in [5.41, 5.74) is 0. The van der Waals surface area contributed by atoms with Gasteiger partial charge in [0, 0.05) is 19.5 Å². The number of carbonyl (C=O) groups excluding carboxylic acids is 2. The SMILES string of the molecule is CC(=O)N(CC(=O)NCC(C)C)C(C)C. The first-order chi connectivity index (χ1) is 6.84. The zero-order chi connectivity index (χ0) is 12.0. The maximum Gasteiger partial charge on any atom is 0.239 e. The zero-order valence-corrected chi connectivity index (χ0v) is 10.3. The van der Waals surface area contributed by atoms with Gasteiger partial charge in [-0.15, -0.1) is 0 Å². The molecule has 0 aromatic heterocycles. The van der Waals surface area contributed by atoms with E-state index in [0.29, 0.717) is 12.5 Å². The maximum atomic E-state index is 11.5. The van der Waals surface area contributed by atoms with Crippen LogP contribution in [0.2, 0.25) is 0 Å². The van der Waals surface area contributed by atoms with E-state index in [0.717, 1.165) is 0 Å². The molecule has 0 rings (SSSR count). The highest BCUT2D eigenvalue weighted by molar-refractivity contribution is 5.83. The molecule has 88 valence electrons. The maximum absolute atomic E-state index is 11.5. The van der Waals surface area contributed by atoms with Gasteiger partial charge in [-0.1, -0.05) is 13.8 Å². The van der Waals surface area contributed by atoms with E-state index >= 15 is 0 Å². The minimum absolute atomic E-state index is 0.0623. The fraction of sp³-hybridized carbons (Fsp3) is 0.818. The molecule has 0 atom stereocenters. The molecule has 4 nitrogen and oxygen atoms in total. The first-order valence-electron chi connectivity index (χ1n) is 5.38. The van der Waals surface area contributed by atoms with E-state index in [1.165, 1.54) is 6.92 Å². The Hall–Kier alpha value is -1.06. The summed E-state index contributed by atoms with van der Waals surface area (Å²) in [5, 5.41) is 2.79. The summed E-state index contributed by atoms with van der Waals surface area (Å²) in [6.07, 6.45) is 0. The van der Waals surface area contributed by atoms with Crippen molar-refractivity contribution < 1.29 is 9.59 Å². The molecule has 4 heteroatoms. The lowest BCUT2D eigenvalue weighted by Crippen LogP contribution is -2.44. The second-order valence-corrected chi connectivity index (χ2v) is 4.44. The molecule has 1 N–H and O–H groups in total. The van der Waals surface area contributed by atoms with Crippen LogP contribution in [0.25, 0.3) is 0 Å². The highest BCUT2D eigenvalue weighted by Gasteiger charge is 2.16. The smallest absolute Gasteiger partial charge is 0.239 e. The van der Waals surface area contributed by atoms with E-state index in [2.05, 4.69) is 5.32 Å². The van der Waals surface area contributed by atoms with Gasteiger partial charge in [-0.3, -0.25) is 9.59 Å². The molecule has 0 aromatic carbocycles. The Bertz CT molecular complexity index is 225. The Morgan fingerprint density at radius 2 is 1.73 bits per heavy atom. The Morgan fingerprint density at radius 3 is 2.07 bits per heavy atom.